The summed E-state index contributed by atoms with van der Waals surface area (Å²) in [6.45, 7) is 0.561. The smallest absolute Gasteiger partial charge is 0.322 e. The molecule has 0 radical (unpaired) electrons. The number of carbonyl (C=O) groups is 2. The predicted octanol–water partition coefficient (Wildman–Crippen LogP) is 0.940. The molecule has 0 aromatic heterocycles. The molecular weight excluding hydrogens is 268 g/mol. The summed E-state index contributed by atoms with van der Waals surface area (Å²) >= 11 is 0. The third kappa shape index (κ3) is 5.93. The monoisotopic (exact) mass is 292 g/mol. The Morgan fingerprint density at radius 1 is 1.14 bits per heavy atom. The zero-order chi connectivity index (χ0) is 15.7. The predicted molar refractivity (Wildman–Crippen MR) is 82.1 cm³/mol. The molecule has 21 heavy (non-hydrogen) atoms. The number of carbonyl (C=O) groups excluding carboxylic acids is 2. The first-order valence-corrected chi connectivity index (χ1v) is 7.17. The molecule has 0 unspecified atom stereocenters. The van der Waals surface area contributed by atoms with E-state index in [2.05, 4.69) is 0 Å². The number of primary amides is 1. The lowest BCUT2D eigenvalue weighted by atomic mass is 10.1. The van der Waals surface area contributed by atoms with Crippen LogP contribution < -0.4 is 17.2 Å². The normalized spacial score (nSPS) is 11.9. The van der Waals surface area contributed by atoms with Crippen LogP contribution in [-0.4, -0.2) is 29.5 Å². The van der Waals surface area contributed by atoms with Gasteiger partial charge in [0.2, 0.25) is 5.91 Å². The zero-order valence-corrected chi connectivity index (χ0v) is 12.2. The fourth-order valence-electron chi connectivity index (χ4n) is 2.11. The average molecular weight is 292 g/mol. The van der Waals surface area contributed by atoms with Gasteiger partial charge in [-0.1, -0.05) is 30.3 Å². The van der Waals surface area contributed by atoms with E-state index in [0.29, 0.717) is 19.4 Å². The largest absolute Gasteiger partial charge is 0.351 e. The lowest BCUT2D eigenvalue weighted by molar-refractivity contribution is -0.129. The van der Waals surface area contributed by atoms with Crippen LogP contribution in [0, 0.1) is 0 Å². The summed E-state index contributed by atoms with van der Waals surface area (Å²) in [5.74, 6) is -0.341. The van der Waals surface area contributed by atoms with E-state index < -0.39 is 12.2 Å². The van der Waals surface area contributed by atoms with Crippen LogP contribution in [0.5, 0.6) is 0 Å². The molecule has 6 nitrogen and oxygen atoms in total. The van der Waals surface area contributed by atoms with E-state index in [1.807, 2.05) is 30.3 Å². The SMILES string of the molecule is NCCCC[C@H](N)N(C(N)=O)C(=O)CCc1ccccc1. The summed E-state index contributed by atoms with van der Waals surface area (Å²) in [6, 6.07) is 8.79. The number of rotatable bonds is 8. The molecule has 1 rings (SSSR count). The van der Waals surface area contributed by atoms with Gasteiger partial charge in [-0.15, -0.1) is 0 Å². The number of aryl methyl sites for hydroxylation is 1. The van der Waals surface area contributed by atoms with Crippen molar-refractivity contribution in [2.24, 2.45) is 17.2 Å². The Hall–Kier alpha value is -1.92. The number of benzene rings is 1. The van der Waals surface area contributed by atoms with Crippen molar-refractivity contribution in [2.75, 3.05) is 6.54 Å². The lowest BCUT2D eigenvalue weighted by Crippen LogP contribution is -2.51. The second-order valence-corrected chi connectivity index (χ2v) is 4.94. The standard InChI is InChI=1S/C15H24N4O2/c16-11-5-4-8-13(17)19(15(18)21)14(20)10-9-12-6-2-1-3-7-12/h1-3,6-7,13H,4-5,8-11,16-17H2,(H2,18,21)/t13-/m1/s1. The molecule has 1 atom stereocenters. The van der Waals surface area contributed by atoms with Gasteiger partial charge in [-0.3, -0.25) is 4.79 Å². The highest BCUT2D eigenvalue weighted by Gasteiger charge is 2.24. The fourth-order valence-corrected chi connectivity index (χ4v) is 2.11. The van der Waals surface area contributed by atoms with Crippen molar-refractivity contribution in [1.82, 2.24) is 4.90 Å². The van der Waals surface area contributed by atoms with Gasteiger partial charge in [0, 0.05) is 6.42 Å². The summed E-state index contributed by atoms with van der Waals surface area (Å²) in [5, 5.41) is 0. The third-order valence-corrected chi connectivity index (χ3v) is 3.26. The molecule has 0 bridgehead atoms. The summed E-state index contributed by atoms with van der Waals surface area (Å²) in [5.41, 5.74) is 17.6. The van der Waals surface area contributed by atoms with Crippen molar-refractivity contribution >= 4 is 11.9 Å². The average Bonchev–Trinajstić information content (AvgIpc) is 2.46. The van der Waals surface area contributed by atoms with E-state index in [4.69, 9.17) is 17.2 Å². The first kappa shape index (κ1) is 17.1. The van der Waals surface area contributed by atoms with Crippen LogP contribution in [0.25, 0.3) is 0 Å². The van der Waals surface area contributed by atoms with Gasteiger partial charge in [-0.05, 0) is 37.8 Å². The number of hydrogen-bond acceptors (Lipinski definition) is 4. The maximum Gasteiger partial charge on any atom is 0.322 e. The first-order valence-electron chi connectivity index (χ1n) is 7.17. The zero-order valence-electron chi connectivity index (χ0n) is 12.2. The van der Waals surface area contributed by atoms with Crippen molar-refractivity contribution in [2.45, 2.75) is 38.3 Å². The summed E-state index contributed by atoms with van der Waals surface area (Å²) in [6.07, 6.45) is 2.15. The van der Waals surface area contributed by atoms with Crippen LogP contribution in [-0.2, 0) is 11.2 Å². The van der Waals surface area contributed by atoms with Crippen LogP contribution in [0.3, 0.4) is 0 Å². The molecule has 0 aliphatic rings. The van der Waals surface area contributed by atoms with Gasteiger partial charge in [0.1, 0.15) is 0 Å². The van der Waals surface area contributed by atoms with Gasteiger partial charge in [-0.25, -0.2) is 9.69 Å². The molecule has 0 spiro atoms. The molecule has 1 aromatic rings. The second-order valence-electron chi connectivity index (χ2n) is 4.94. The molecule has 0 aliphatic heterocycles. The van der Waals surface area contributed by atoms with Crippen molar-refractivity contribution in [3.05, 3.63) is 35.9 Å². The summed E-state index contributed by atoms with van der Waals surface area (Å²) in [4.78, 5) is 24.6. The van der Waals surface area contributed by atoms with Gasteiger partial charge in [0.05, 0.1) is 6.17 Å². The second kappa shape index (κ2) is 9.10. The molecule has 0 saturated carbocycles. The number of urea groups is 1. The van der Waals surface area contributed by atoms with Gasteiger partial charge in [0.25, 0.3) is 0 Å². The molecule has 6 heteroatoms. The van der Waals surface area contributed by atoms with Crippen molar-refractivity contribution in [1.29, 1.82) is 0 Å². The number of amides is 3. The Kier molecular flexibility index (Phi) is 7.42. The van der Waals surface area contributed by atoms with Crippen molar-refractivity contribution in [3.63, 3.8) is 0 Å². The van der Waals surface area contributed by atoms with Gasteiger partial charge in [-0.2, -0.15) is 0 Å². The summed E-state index contributed by atoms with van der Waals surface area (Å²) in [7, 11) is 0. The highest BCUT2D eigenvalue weighted by molar-refractivity contribution is 5.94. The Balaban J connectivity index is 2.54. The van der Waals surface area contributed by atoms with Crippen LogP contribution in [0.15, 0.2) is 30.3 Å². The molecule has 6 N–H and O–H groups in total. The van der Waals surface area contributed by atoms with Crippen LogP contribution >= 0.6 is 0 Å². The fraction of sp³-hybridized carbons (Fsp3) is 0.467. The Morgan fingerprint density at radius 3 is 2.38 bits per heavy atom. The van der Waals surface area contributed by atoms with Gasteiger partial charge in [0.15, 0.2) is 0 Å². The van der Waals surface area contributed by atoms with E-state index in [1.54, 1.807) is 0 Å². The maximum atomic E-state index is 12.2. The number of nitrogens with two attached hydrogens (primary N) is 3. The molecule has 1 aromatic carbocycles. The van der Waals surface area contributed by atoms with Crippen molar-refractivity contribution in [3.8, 4) is 0 Å². The highest BCUT2D eigenvalue weighted by atomic mass is 16.2. The molecule has 0 heterocycles. The molecule has 116 valence electrons. The van der Waals surface area contributed by atoms with Crippen LogP contribution in [0.1, 0.15) is 31.2 Å². The Morgan fingerprint density at radius 2 is 1.81 bits per heavy atom. The van der Waals surface area contributed by atoms with Gasteiger partial charge < -0.3 is 17.2 Å². The van der Waals surface area contributed by atoms with E-state index in [0.717, 1.165) is 23.3 Å². The minimum Gasteiger partial charge on any atom is -0.351 e. The van der Waals surface area contributed by atoms with Gasteiger partial charge >= 0.3 is 6.03 Å². The molecule has 0 saturated heterocycles. The topological polar surface area (TPSA) is 115 Å². The number of imide groups is 1. The summed E-state index contributed by atoms with van der Waals surface area (Å²) < 4.78 is 0. The van der Waals surface area contributed by atoms with Crippen molar-refractivity contribution < 1.29 is 9.59 Å². The first-order chi connectivity index (χ1) is 10.1. The Labute approximate surface area is 125 Å². The molecular formula is C15H24N4O2. The van der Waals surface area contributed by atoms with E-state index in [1.165, 1.54) is 0 Å². The van der Waals surface area contributed by atoms with Crippen LogP contribution in [0.2, 0.25) is 0 Å². The highest BCUT2D eigenvalue weighted by Crippen LogP contribution is 2.09. The minimum absolute atomic E-state index is 0.206. The Bertz CT molecular complexity index is 450. The number of unbranched alkanes of at least 4 members (excludes halogenated alkanes) is 1. The molecule has 0 aliphatic carbocycles. The minimum atomic E-state index is -0.798. The quantitative estimate of drug-likeness (QED) is 0.488. The lowest BCUT2D eigenvalue weighted by Gasteiger charge is -2.25. The van der Waals surface area contributed by atoms with E-state index in [9.17, 15) is 9.59 Å². The van der Waals surface area contributed by atoms with E-state index in [-0.39, 0.29) is 12.3 Å². The molecule has 3 amide bonds. The third-order valence-electron chi connectivity index (χ3n) is 3.26. The maximum absolute atomic E-state index is 12.2. The van der Waals surface area contributed by atoms with E-state index >= 15 is 0 Å². The van der Waals surface area contributed by atoms with Crippen LogP contribution in [0.4, 0.5) is 4.79 Å². The number of nitrogens with zero attached hydrogens (tertiary/aromatic N) is 1. The molecule has 0 fully saturated rings. The number of hydrogen-bond donors (Lipinski definition) is 3.